The van der Waals surface area contributed by atoms with Crippen molar-refractivity contribution < 1.29 is 76.6 Å². The summed E-state index contributed by atoms with van der Waals surface area (Å²) in [7, 11) is 0. The molecule has 1 aromatic carbocycles. The van der Waals surface area contributed by atoms with Gasteiger partial charge in [-0.3, -0.25) is 9.59 Å². The Morgan fingerprint density at radius 3 is 0.800 bits per heavy atom. The first-order valence-electron chi connectivity index (χ1n) is 16.4. The first kappa shape index (κ1) is 46.8. The molecule has 0 aliphatic rings. The lowest BCUT2D eigenvalue weighted by Crippen LogP contribution is -2.15. The smallest absolute Gasteiger partial charge is 0.305 e. The van der Waals surface area contributed by atoms with E-state index in [4.69, 9.17) is 67.1 Å². The van der Waals surface area contributed by atoms with Gasteiger partial charge in [0.25, 0.3) is 0 Å². The average molecular weight is 947 g/mol. The molecule has 1 rings (SSSR count). The van der Waals surface area contributed by atoms with Gasteiger partial charge in [-0.2, -0.15) is 0 Å². The molecular formula is C32H52I2O16. The summed E-state index contributed by atoms with van der Waals surface area (Å²) in [6, 6.07) is 3.87. The SMILES string of the molecule is O=C(O)CCOCCOCCOCCOCCOCCOc1cc(I)c(OCCOCCOCCOCCOCCOCCC(=O)O)cc1I. The number of aliphatic carboxylic acids is 2. The summed E-state index contributed by atoms with van der Waals surface area (Å²) >= 11 is 4.43. The molecule has 0 fully saturated rings. The van der Waals surface area contributed by atoms with Crippen molar-refractivity contribution in [2.75, 3.05) is 145 Å². The van der Waals surface area contributed by atoms with E-state index in [0.717, 1.165) is 18.6 Å². The van der Waals surface area contributed by atoms with E-state index in [2.05, 4.69) is 45.2 Å². The fourth-order valence-corrected chi connectivity index (χ4v) is 4.62. The molecule has 0 amide bonds. The summed E-state index contributed by atoms with van der Waals surface area (Å²) in [6.45, 7) is 8.93. The zero-order valence-corrected chi connectivity index (χ0v) is 32.8. The average Bonchev–Trinajstić information content (AvgIpc) is 3.08. The van der Waals surface area contributed by atoms with Crippen molar-refractivity contribution >= 4 is 57.1 Å². The second-order valence-electron chi connectivity index (χ2n) is 9.82. The number of hydrogen-bond donors (Lipinski definition) is 2. The van der Waals surface area contributed by atoms with Crippen LogP contribution >= 0.6 is 45.2 Å². The molecule has 0 aliphatic heterocycles. The number of carboxylic acids is 2. The van der Waals surface area contributed by atoms with Gasteiger partial charge in [0.05, 0.1) is 152 Å². The van der Waals surface area contributed by atoms with Gasteiger partial charge in [0.2, 0.25) is 0 Å². The summed E-state index contributed by atoms with van der Waals surface area (Å²) in [4.78, 5) is 20.7. The number of carbonyl (C=O) groups is 2. The molecule has 0 spiro atoms. The van der Waals surface area contributed by atoms with E-state index in [0.29, 0.717) is 132 Å². The minimum absolute atomic E-state index is 0.0107. The van der Waals surface area contributed by atoms with Crippen molar-refractivity contribution in [2.24, 2.45) is 0 Å². The van der Waals surface area contributed by atoms with E-state index in [-0.39, 0.29) is 26.1 Å². The molecule has 0 saturated carbocycles. The zero-order chi connectivity index (χ0) is 36.3. The molecule has 0 bridgehead atoms. The van der Waals surface area contributed by atoms with Crippen LogP contribution in [0.25, 0.3) is 0 Å². The molecule has 18 heteroatoms. The Hall–Kier alpha value is -1.18. The highest BCUT2D eigenvalue weighted by Crippen LogP contribution is 2.31. The van der Waals surface area contributed by atoms with Crippen LogP contribution in [0.2, 0.25) is 0 Å². The molecule has 16 nitrogen and oxygen atoms in total. The van der Waals surface area contributed by atoms with Crippen LogP contribution in [-0.4, -0.2) is 168 Å². The summed E-state index contributed by atoms with van der Waals surface area (Å²) in [5.41, 5.74) is 0. The third kappa shape index (κ3) is 30.4. The number of rotatable bonds is 38. The summed E-state index contributed by atoms with van der Waals surface area (Å²) in [5, 5.41) is 17.0. The van der Waals surface area contributed by atoms with Gasteiger partial charge < -0.3 is 67.1 Å². The zero-order valence-electron chi connectivity index (χ0n) is 28.5. The van der Waals surface area contributed by atoms with Gasteiger partial charge in [0.15, 0.2) is 0 Å². The minimum Gasteiger partial charge on any atom is -0.490 e. The molecule has 0 aromatic heterocycles. The van der Waals surface area contributed by atoms with E-state index >= 15 is 0 Å². The van der Waals surface area contributed by atoms with Gasteiger partial charge in [0.1, 0.15) is 24.7 Å². The molecule has 0 heterocycles. The van der Waals surface area contributed by atoms with Crippen LogP contribution in [0.1, 0.15) is 12.8 Å². The van der Waals surface area contributed by atoms with E-state index in [1.807, 2.05) is 12.1 Å². The topological polar surface area (TPSA) is 185 Å². The third-order valence-electron chi connectivity index (χ3n) is 5.85. The van der Waals surface area contributed by atoms with Crippen molar-refractivity contribution in [2.45, 2.75) is 12.8 Å². The van der Waals surface area contributed by atoms with Gasteiger partial charge in [0, 0.05) is 0 Å². The van der Waals surface area contributed by atoms with Crippen molar-refractivity contribution in [3.63, 3.8) is 0 Å². The van der Waals surface area contributed by atoms with Crippen LogP contribution < -0.4 is 9.47 Å². The number of halogens is 2. The monoisotopic (exact) mass is 946 g/mol. The molecule has 0 aliphatic carbocycles. The lowest BCUT2D eigenvalue weighted by molar-refractivity contribution is -0.139. The largest absolute Gasteiger partial charge is 0.490 e. The van der Waals surface area contributed by atoms with Gasteiger partial charge >= 0.3 is 11.9 Å². The molecule has 0 atom stereocenters. The predicted octanol–water partition coefficient (Wildman–Crippen LogP) is 2.77. The highest BCUT2D eigenvalue weighted by molar-refractivity contribution is 14.1. The van der Waals surface area contributed by atoms with Crippen LogP contribution in [-0.2, 0) is 57.0 Å². The summed E-state index contributed by atoms with van der Waals surface area (Å²) in [5.74, 6) is -0.236. The molecule has 0 unspecified atom stereocenters. The van der Waals surface area contributed by atoms with Gasteiger partial charge in [-0.1, -0.05) is 0 Å². The van der Waals surface area contributed by atoms with Crippen molar-refractivity contribution in [1.29, 1.82) is 0 Å². The first-order valence-corrected chi connectivity index (χ1v) is 18.5. The van der Waals surface area contributed by atoms with Crippen molar-refractivity contribution in [3.05, 3.63) is 19.3 Å². The van der Waals surface area contributed by atoms with Gasteiger partial charge in [-0.25, -0.2) is 0 Å². The lowest BCUT2D eigenvalue weighted by Gasteiger charge is -2.13. The van der Waals surface area contributed by atoms with E-state index < -0.39 is 11.9 Å². The van der Waals surface area contributed by atoms with E-state index in [1.165, 1.54) is 0 Å². The van der Waals surface area contributed by atoms with Crippen LogP contribution in [0.5, 0.6) is 11.5 Å². The highest BCUT2D eigenvalue weighted by Gasteiger charge is 2.09. The number of ether oxygens (including phenoxy) is 12. The Morgan fingerprint density at radius 2 is 0.580 bits per heavy atom. The Kier molecular flexibility index (Phi) is 32.7. The maximum absolute atomic E-state index is 10.4. The quantitative estimate of drug-likeness (QED) is 0.0728. The van der Waals surface area contributed by atoms with Crippen LogP contribution in [0.3, 0.4) is 0 Å². The molecule has 2 N–H and O–H groups in total. The fraction of sp³-hybridized carbons (Fsp3) is 0.750. The Labute approximate surface area is 321 Å². The normalized spacial score (nSPS) is 11.2. The second kappa shape index (κ2) is 34.9. The van der Waals surface area contributed by atoms with E-state index in [9.17, 15) is 9.59 Å². The summed E-state index contributed by atoms with van der Waals surface area (Å²) < 4.78 is 67.5. The molecule has 290 valence electrons. The lowest BCUT2D eigenvalue weighted by atomic mass is 10.3. The van der Waals surface area contributed by atoms with Crippen molar-refractivity contribution in [1.82, 2.24) is 0 Å². The Morgan fingerprint density at radius 1 is 0.380 bits per heavy atom. The Bertz CT molecular complexity index is 899. The maximum Gasteiger partial charge on any atom is 0.305 e. The molecule has 1 aromatic rings. The standard InChI is InChI=1S/C32H52I2O16/c33-27-26-30(50-24-22-48-20-18-46-16-14-44-12-10-42-8-6-40-4-2-32(37)38)28(34)25-29(27)49-23-21-47-19-17-45-15-13-43-11-9-41-7-5-39-3-1-31(35)36/h25-26H,1-24H2,(H,35,36)(H,37,38). The first-order chi connectivity index (χ1) is 24.4. The number of benzene rings is 1. The predicted molar refractivity (Wildman–Crippen MR) is 196 cm³/mol. The molecule has 50 heavy (non-hydrogen) atoms. The second-order valence-corrected chi connectivity index (χ2v) is 12.1. The summed E-state index contributed by atoms with van der Waals surface area (Å²) in [6.07, 6.45) is -0.0215. The Balaban J connectivity index is 1.90. The van der Waals surface area contributed by atoms with Crippen LogP contribution in [0, 0.1) is 7.14 Å². The highest BCUT2D eigenvalue weighted by atomic mass is 127. The minimum atomic E-state index is -0.881. The maximum atomic E-state index is 10.4. The van der Waals surface area contributed by atoms with E-state index in [1.54, 1.807) is 0 Å². The van der Waals surface area contributed by atoms with Crippen LogP contribution in [0.4, 0.5) is 0 Å². The number of carboxylic acid groups (broad SMARTS) is 2. The molecule has 0 radical (unpaired) electrons. The number of hydrogen-bond acceptors (Lipinski definition) is 14. The molecular weight excluding hydrogens is 894 g/mol. The van der Waals surface area contributed by atoms with Crippen LogP contribution in [0.15, 0.2) is 12.1 Å². The molecule has 0 saturated heterocycles. The fourth-order valence-electron chi connectivity index (χ4n) is 3.44. The van der Waals surface area contributed by atoms with Gasteiger partial charge in [-0.05, 0) is 57.3 Å². The third-order valence-corrected chi connectivity index (χ3v) is 7.54. The van der Waals surface area contributed by atoms with Gasteiger partial charge in [-0.15, -0.1) is 0 Å². The van der Waals surface area contributed by atoms with Crippen molar-refractivity contribution in [3.8, 4) is 11.5 Å².